The first-order valence-corrected chi connectivity index (χ1v) is 3.64. The fourth-order valence-electron chi connectivity index (χ4n) is 1.07. The average molecular weight is 162 g/mol. The number of hydrogen-bond acceptors (Lipinski definition) is 1. The van der Waals surface area contributed by atoms with Gasteiger partial charge in [-0.1, -0.05) is 12.1 Å². The minimum absolute atomic E-state index is 0.220. The van der Waals surface area contributed by atoms with Gasteiger partial charge in [0.1, 0.15) is 5.82 Å². The lowest BCUT2D eigenvalue weighted by atomic mass is 10.1. The van der Waals surface area contributed by atoms with E-state index in [0.29, 0.717) is 0 Å². The minimum atomic E-state index is -0.220. The highest BCUT2D eigenvalue weighted by Gasteiger charge is 1.97. The molecule has 0 amide bonds. The van der Waals surface area contributed by atoms with Crippen molar-refractivity contribution in [2.45, 2.75) is 0 Å². The van der Waals surface area contributed by atoms with Gasteiger partial charge in [-0.15, -0.1) is 0 Å². The lowest BCUT2D eigenvalue weighted by molar-refractivity contribution is 0.568. The number of halogens is 1. The Labute approximate surface area is 69.4 Å². The van der Waals surface area contributed by atoms with Crippen molar-refractivity contribution in [2.75, 3.05) is 0 Å². The van der Waals surface area contributed by atoms with Crippen molar-refractivity contribution in [2.24, 2.45) is 0 Å². The Morgan fingerprint density at radius 2 is 1.67 bits per heavy atom. The van der Waals surface area contributed by atoms with Gasteiger partial charge in [-0.2, -0.15) is 0 Å². The monoisotopic (exact) mass is 162 g/mol. The first-order valence-electron chi connectivity index (χ1n) is 3.64. The van der Waals surface area contributed by atoms with Gasteiger partial charge in [0.15, 0.2) is 0 Å². The molecule has 1 aromatic carbocycles. The number of rotatable bonds is 1. The van der Waals surface area contributed by atoms with Crippen molar-refractivity contribution < 1.29 is 8.81 Å². The fraction of sp³-hybridized carbons (Fsp3) is 0. The number of hydrogen-bond donors (Lipinski definition) is 0. The van der Waals surface area contributed by atoms with Crippen molar-refractivity contribution in [3.8, 4) is 11.1 Å². The lowest BCUT2D eigenvalue weighted by Crippen LogP contribution is -1.74. The molecule has 0 aliphatic carbocycles. The van der Waals surface area contributed by atoms with Crippen LogP contribution in [0, 0.1) is 5.82 Å². The maximum absolute atomic E-state index is 12.5. The van der Waals surface area contributed by atoms with Crippen LogP contribution in [-0.2, 0) is 0 Å². The molecule has 0 spiro atoms. The van der Waals surface area contributed by atoms with Crippen LogP contribution in [0.1, 0.15) is 0 Å². The Bertz CT molecular complexity index is 348. The predicted molar refractivity (Wildman–Crippen MR) is 44.1 cm³/mol. The normalized spacial score (nSPS) is 10.1. The Balaban J connectivity index is 2.43. The molecule has 60 valence electrons. The maximum atomic E-state index is 12.5. The van der Waals surface area contributed by atoms with Gasteiger partial charge in [0.2, 0.25) is 0 Å². The van der Waals surface area contributed by atoms with Crippen LogP contribution in [-0.4, -0.2) is 0 Å². The van der Waals surface area contributed by atoms with Crippen LogP contribution in [0.2, 0.25) is 0 Å². The zero-order valence-electron chi connectivity index (χ0n) is 6.33. The summed E-state index contributed by atoms with van der Waals surface area (Å²) in [5.74, 6) is -0.220. The van der Waals surface area contributed by atoms with Crippen LogP contribution in [0.3, 0.4) is 0 Å². The highest BCUT2D eigenvalue weighted by Crippen LogP contribution is 2.19. The molecular formula is C10H7FO. The third-order valence-corrected chi connectivity index (χ3v) is 1.70. The molecule has 2 rings (SSSR count). The smallest absolute Gasteiger partial charge is 0.123 e. The molecule has 1 aromatic heterocycles. The zero-order chi connectivity index (χ0) is 8.39. The van der Waals surface area contributed by atoms with Gasteiger partial charge in [-0.25, -0.2) is 4.39 Å². The summed E-state index contributed by atoms with van der Waals surface area (Å²) < 4.78 is 17.4. The van der Waals surface area contributed by atoms with Crippen molar-refractivity contribution in [3.63, 3.8) is 0 Å². The van der Waals surface area contributed by atoms with E-state index in [1.807, 2.05) is 6.07 Å². The van der Waals surface area contributed by atoms with E-state index in [2.05, 4.69) is 0 Å². The van der Waals surface area contributed by atoms with E-state index in [1.165, 1.54) is 12.1 Å². The highest BCUT2D eigenvalue weighted by atomic mass is 19.1. The molecule has 0 saturated carbocycles. The third-order valence-electron chi connectivity index (χ3n) is 1.70. The molecule has 1 heterocycles. The summed E-state index contributed by atoms with van der Waals surface area (Å²) in [6.45, 7) is 0. The highest BCUT2D eigenvalue weighted by molar-refractivity contribution is 5.61. The summed E-state index contributed by atoms with van der Waals surface area (Å²) in [5.41, 5.74) is 1.93. The summed E-state index contributed by atoms with van der Waals surface area (Å²) in [5, 5.41) is 0. The summed E-state index contributed by atoms with van der Waals surface area (Å²) >= 11 is 0. The second-order valence-corrected chi connectivity index (χ2v) is 2.52. The second kappa shape index (κ2) is 2.81. The van der Waals surface area contributed by atoms with Crippen LogP contribution >= 0.6 is 0 Å². The van der Waals surface area contributed by atoms with E-state index in [-0.39, 0.29) is 5.82 Å². The van der Waals surface area contributed by atoms with E-state index < -0.39 is 0 Å². The molecule has 2 heteroatoms. The Morgan fingerprint density at radius 3 is 2.25 bits per heavy atom. The summed E-state index contributed by atoms with van der Waals surface area (Å²) in [6.07, 6.45) is 3.23. The van der Waals surface area contributed by atoms with Crippen LogP contribution in [0.15, 0.2) is 47.3 Å². The van der Waals surface area contributed by atoms with Crippen LogP contribution in [0.25, 0.3) is 11.1 Å². The zero-order valence-corrected chi connectivity index (χ0v) is 6.33. The third kappa shape index (κ3) is 1.23. The average Bonchev–Trinajstić information content (AvgIpc) is 2.58. The molecular weight excluding hydrogens is 155 g/mol. The largest absolute Gasteiger partial charge is 0.472 e. The van der Waals surface area contributed by atoms with Gasteiger partial charge < -0.3 is 4.42 Å². The lowest BCUT2D eigenvalue weighted by Gasteiger charge is -1.94. The standard InChI is InChI=1S/C10H7FO/c11-10-3-1-8(2-4-10)9-5-6-12-7-9/h1-7H. The SMILES string of the molecule is Fc1ccc(-c2ccoc2)cc1. The Morgan fingerprint density at radius 1 is 0.917 bits per heavy atom. The maximum Gasteiger partial charge on any atom is 0.123 e. The topological polar surface area (TPSA) is 13.1 Å². The molecule has 0 bridgehead atoms. The fourth-order valence-corrected chi connectivity index (χ4v) is 1.07. The molecule has 0 N–H and O–H groups in total. The molecule has 0 atom stereocenters. The van der Waals surface area contributed by atoms with E-state index in [9.17, 15) is 4.39 Å². The molecule has 2 aromatic rings. The van der Waals surface area contributed by atoms with Gasteiger partial charge in [0, 0.05) is 5.56 Å². The summed E-state index contributed by atoms with van der Waals surface area (Å²) in [6, 6.07) is 8.15. The van der Waals surface area contributed by atoms with Crippen LogP contribution in [0.5, 0.6) is 0 Å². The Hall–Kier alpha value is -1.57. The van der Waals surface area contributed by atoms with E-state index in [0.717, 1.165) is 11.1 Å². The molecule has 1 nitrogen and oxygen atoms in total. The molecule has 12 heavy (non-hydrogen) atoms. The summed E-state index contributed by atoms with van der Waals surface area (Å²) in [7, 11) is 0. The predicted octanol–water partition coefficient (Wildman–Crippen LogP) is 3.09. The molecule has 0 aliphatic heterocycles. The van der Waals surface area contributed by atoms with Crippen LogP contribution < -0.4 is 0 Å². The van der Waals surface area contributed by atoms with Gasteiger partial charge >= 0.3 is 0 Å². The van der Waals surface area contributed by atoms with Crippen molar-refractivity contribution in [1.29, 1.82) is 0 Å². The van der Waals surface area contributed by atoms with Crippen LogP contribution in [0.4, 0.5) is 4.39 Å². The van der Waals surface area contributed by atoms with Crippen molar-refractivity contribution in [1.82, 2.24) is 0 Å². The van der Waals surface area contributed by atoms with Gasteiger partial charge in [-0.3, -0.25) is 0 Å². The first-order chi connectivity index (χ1) is 5.86. The van der Waals surface area contributed by atoms with Crippen molar-refractivity contribution in [3.05, 3.63) is 48.7 Å². The molecule has 0 radical (unpaired) electrons. The number of benzene rings is 1. The number of furan rings is 1. The molecule has 0 saturated heterocycles. The minimum Gasteiger partial charge on any atom is -0.472 e. The second-order valence-electron chi connectivity index (χ2n) is 2.52. The molecule has 0 aliphatic rings. The molecule has 0 fully saturated rings. The quantitative estimate of drug-likeness (QED) is 0.628. The van der Waals surface area contributed by atoms with E-state index in [4.69, 9.17) is 4.42 Å². The van der Waals surface area contributed by atoms with Gasteiger partial charge in [0.05, 0.1) is 12.5 Å². The van der Waals surface area contributed by atoms with Gasteiger partial charge in [-0.05, 0) is 23.8 Å². The Kier molecular flexibility index (Phi) is 1.67. The first kappa shape index (κ1) is 7.10. The summed E-state index contributed by atoms with van der Waals surface area (Å²) in [4.78, 5) is 0. The molecule has 0 unspecified atom stereocenters. The van der Waals surface area contributed by atoms with Crippen molar-refractivity contribution >= 4 is 0 Å². The van der Waals surface area contributed by atoms with E-state index in [1.54, 1.807) is 24.7 Å². The van der Waals surface area contributed by atoms with Gasteiger partial charge in [0.25, 0.3) is 0 Å². The van der Waals surface area contributed by atoms with E-state index >= 15 is 0 Å².